The maximum Gasteiger partial charge on any atom is 0.231 e. The number of aromatic amines is 1. The Bertz CT molecular complexity index is 1470. The predicted octanol–water partition coefficient (Wildman–Crippen LogP) is 5.13. The van der Waals surface area contributed by atoms with E-state index >= 15 is 0 Å². The summed E-state index contributed by atoms with van der Waals surface area (Å²) in [6, 6.07) is 12.4. The van der Waals surface area contributed by atoms with E-state index in [-0.39, 0.29) is 12.7 Å². The molecule has 7 nitrogen and oxygen atoms in total. The fraction of sp³-hybridized carbons (Fsp3) is 0.296. The van der Waals surface area contributed by atoms with Crippen LogP contribution in [0.25, 0.3) is 22.0 Å². The van der Waals surface area contributed by atoms with Crippen molar-refractivity contribution < 1.29 is 14.3 Å². The van der Waals surface area contributed by atoms with Gasteiger partial charge in [-0.25, -0.2) is 9.97 Å². The number of aryl methyl sites for hydroxylation is 1. The molecular weight excluding hydrogens is 460 g/mol. The summed E-state index contributed by atoms with van der Waals surface area (Å²) in [4.78, 5) is 28.7. The van der Waals surface area contributed by atoms with Crippen molar-refractivity contribution in [3.05, 3.63) is 64.4 Å². The Balaban J connectivity index is 1.12. The van der Waals surface area contributed by atoms with E-state index in [0.717, 1.165) is 81.2 Å². The summed E-state index contributed by atoms with van der Waals surface area (Å²) in [5, 5.41) is 0.924. The fourth-order valence-electron chi connectivity index (χ4n) is 4.91. The number of fused-ring (bicyclic) bond motifs is 2. The minimum atomic E-state index is 0.244. The number of nitrogens with zero attached hydrogens (tertiary/aromatic N) is 3. The minimum Gasteiger partial charge on any atom is -0.454 e. The number of aromatic nitrogens is 3. The molecule has 1 aliphatic carbocycles. The van der Waals surface area contributed by atoms with E-state index in [0.29, 0.717) is 12.3 Å². The molecule has 1 N–H and O–H groups in total. The van der Waals surface area contributed by atoms with Gasteiger partial charge in [-0.2, -0.15) is 0 Å². The van der Waals surface area contributed by atoms with E-state index < -0.39 is 0 Å². The summed E-state index contributed by atoms with van der Waals surface area (Å²) in [7, 11) is 0. The van der Waals surface area contributed by atoms with Crippen LogP contribution in [-0.4, -0.2) is 34.2 Å². The molecule has 7 rings (SSSR count). The monoisotopic (exact) mass is 484 g/mol. The first-order valence-corrected chi connectivity index (χ1v) is 12.8. The summed E-state index contributed by atoms with van der Waals surface area (Å²) < 4.78 is 10.9. The quantitative estimate of drug-likeness (QED) is 0.425. The lowest BCUT2D eigenvalue weighted by Gasteiger charge is -2.17. The van der Waals surface area contributed by atoms with Gasteiger partial charge in [0.05, 0.1) is 17.6 Å². The Kier molecular flexibility index (Phi) is 4.70. The third kappa shape index (κ3) is 3.69. The Labute approximate surface area is 206 Å². The molecule has 0 bridgehead atoms. The van der Waals surface area contributed by atoms with Crippen LogP contribution in [0.1, 0.15) is 34.7 Å². The van der Waals surface area contributed by atoms with Gasteiger partial charge >= 0.3 is 0 Å². The minimum absolute atomic E-state index is 0.244. The zero-order valence-corrected chi connectivity index (χ0v) is 20.2. The molecule has 1 fully saturated rings. The van der Waals surface area contributed by atoms with E-state index in [9.17, 15) is 4.79 Å². The van der Waals surface area contributed by atoms with Gasteiger partial charge in [0.1, 0.15) is 10.8 Å². The van der Waals surface area contributed by atoms with Crippen LogP contribution in [0.2, 0.25) is 0 Å². The van der Waals surface area contributed by atoms with Gasteiger partial charge in [0.2, 0.25) is 12.7 Å². The molecule has 8 heteroatoms. The van der Waals surface area contributed by atoms with Gasteiger partial charge in [-0.1, -0.05) is 12.1 Å². The number of carbonyl (C=O) groups is 1. The van der Waals surface area contributed by atoms with E-state index in [1.807, 2.05) is 29.3 Å². The smallest absolute Gasteiger partial charge is 0.231 e. The second kappa shape index (κ2) is 7.95. The number of rotatable bonds is 5. The Hall–Kier alpha value is -3.65. The first-order chi connectivity index (χ1) is 17.1. The Morgan fingerprint density at radius 2 is 2.06 bits per heavy atom. The van der Waals surface area contributed by atoms with E-state index in [1.165, 1.54) is 5.56 Å². The number of hydrogen-bond acceptors (Lipinski definition) is 6. The third-order valence-corrected chi connectivity index (χ3v) is 7.91. The highest BCUT2D eigenvalue weighted by Gasteiger charge is 2.36. The molecule has 2 aliphatic heterocycles. The fourth-order valence-corrected chi connectivity index (χ4v) is 5.81. The van der Waals surface area contributed by atoms with Crippen LogP contribution in [0.5, 0.6) is 11.5 Å². The molecule has 35 heavy (non-hydrogen) atoms. The number of anilines is 1. The SMILES string of the molecule is Cc1sc(-c2cnc(Cc3ccc4c(c3)OCO4)[nH]2)nc1-c1ccc2c(c1)CCN2C(=O)C1CC1. The molecule has 1 amide bonds. The normalized spacial score (nSPS) is 16.1. The van der Waals surface area contributed by atoms with Crippen molar-refractivity contribution in [3.8, 4) is 33.5 Å². The van der Waals surface area contributed by atoms with Crippen LogP contribution in [0.15, 0.2) is 42.6 Å². The summed E-state index contributed by atoms with van der Waals surface area (Å²) in [6.45, 7) is 3.17. The van der Waals surface area contributed by atoms with Crippen molar-refractivity contribution in [2.24, 2.45) is 5.92 Å². The molecule has 0 radical (unpaired) electrons. The molecular formula is C27H24N4O3S. The molecule has 2 aromatic carbocycles. The molecule has 2 aromatic heterocycles. The second-order valence-corrected chi connectivity index (χ2v) is 10.6. The number of hydrogen-bond donors (Lipinski definition) is 1. The molecule has 3 aliphatic rings. The predicted molar refractivity (Wildman–Crippen MR) is 134 cm³/mol. The van der Waals surface area contributed by atoms with E-state index in [2.05, 4.69) is 35.1 Å². The number of thiazole rings is 1. The summed E-state index contributed by atoms with van der Waals surface area (Å²) in [6.07, 6.45) is 5.51. The van der Waals surface area contributed by atoms with Crippen LogP contribution in [0.4, 0.5) is 5.69 Å². The number of imidazole rings is 1. The van der Waals surface area contributed by atoms with Crippen molar-refractivity contribution in [1.29, 1.82) is 0 Å². The third-order valence-electron chi connectivity index (χ3n) is 6.91. The van der Waals surface area contributed by atoms with Crippen molar-refractivity contribution >= 4 is 22.9 Å². The van der Waals surface area contributed by atoms with Crippen molar-refractivity contribution in [2.45, 2.75) is 32.6 Å². The standard InChI is InChI=1S/C27H24N4O3S/c1-15-25(19-5-6-21-18(12-19)8-9-31(21)27(32)17-3-4-17)30-26(35-15)20-13-28-24(29-20)11-16-2-7-22-23(10-16)34-14-33-22/h2,5-7,10,12-13,17H,3-4,8-9,11,14H2,1H3,(H,28,29). The highest BCUT2D eigenvalue weighted by Crippen LogP contribution is 2.39. The zero-order valence-electron chi connectivity index (χ0n) is 19.3. The number of benzene rings is 2. The van der Waals surface area contributed by atoms with Gasteiger partial charge in [-0.3, -0.25) is 4.79 Å². The van der Waals surface area contributed by atoms with Crippen molar-refractivity contribution in [2.75, 3.05) is 18.2 Å². The molecule has 4 heterocycles. The number of nitrogens with one attached hydrogen (secondary N) is 1. The Morgan fingerprint density at radius 3 is 2.94 bits per heavy atom. The molecule has 4 aromatic rings. The zero-order chi connectivity index (χ0) is 23.5. The van der Waals surface area contributed by atoms with Crippen LogP contribution in [0.3, 0.4) is 0 Å². The van der Waals surface area contributed by atoms with Crippen molar-refractivity contribution in [3.63, 3.8) is 0 Å². The van der Waals surface area contributed by atoms with Gasteiger partial charge in [0.15, 0.2) is 11.5 Å². The number of H-pyrrole nitrogens is 1. The van der Waals surface area contributed by atoms with Crippen LogP contribution < -0.4 is 14.4 Å². The maximum absolute atomic E-state index is 12.6. The average molecular weight is 485 g/mol. The highest BCUT2D eigenvalue weighted by molar-refractivity contribution is 7.15. The largest absolute Gasteiger partial charge is 0.454 e. The van der Waals surface area contributed by atoms with Gasteiger partial charge in [0, 0.05) is 35.0 Å². The summed E-state index contributed by atoms with van der Waals surface area (Å²) >= 11 is 1.67. The lowest BCUT2D eigenvalue weighted by molar-refractivity contribution is -0.119. The highest BCUT2D eigenvalue weighted by atomic mass is 32.1. The summed E-state index contributed by atoms with van der Waals surface area (Å²) in [5.74, 6) is 2.98. The van der Waals surface area contributed by atoms with Gasteiger partial charge < -0.3 is 19.4 Å². The van der Waals surface area contributed by atoms with Gasteiger partial charge in [-0.05, 0) is 61.6 Å². The summed E-state index contributed by atoms with van der Waals surface area (Å²) in [5.41, 5.74) is 6.43. The number of ether oxygens (including phenoxy) is 2. The van der Waals surface area contributed by atoms with Gasteiger partial charge in [0.25, 0.3) is 0 Å². The van der Waals surface area contributed by atoms with Crippen LogP contribution >= 0.6 is 11.3 Å². The lowest BCUT2D eigenvalue weighted by Crippen LogP contribution is -2.30. The van der Waals surface area contributed by atoms with Crippen LogP contribution in [0, 0.1) is 12.8 Å². The van der Waals surface area contributed by atoms with Crippen LogP contribution in [-0.2, 0) is 17.6 Å². The molecule has 0 atom stereocenters. The first kappa shape index (κ1) is 20.7. The molecule has 0 spiro atoms. The number of amides is 1. The Morgan fingerprint density at radius 1 is 1.17 bits per heavy atom. The average Bonchev–Trinajstić information content (AvgIpc) is 3.22. The van der Waals surface area contributed by atoms with Crippen molar-refractivity contribution in [1.82, 2.24) is 15.0 Å². The number of carbonyl (C=O) groups excluding carboxylic acids is 1. The second-order valence-electron chi connectivity index (χ2n) is 9.39. The van der Waals surface area contributed by atoms with E-state index in [1.54, 1.807) is 11.3 Å². The van der Waals surface area contributed by atoms with E-state index in [4.69, 9.17) is 14.5 Å². The van der Waals surface area contributed by atoms with Gasteiger partial charge in [-0.15, -0.1) is 11.3 Å². The molecule has 0 unspecified atom stereocenters. The topological polar surface area (TPSA) is 80.3 Å². The molecule has 1 saturated carbocycles. The lowest BCUT2D eigenvalue weighted by atomic mass is 10.1. The molecule has 0 saturated heterocycles. The molecule has 176 valence electrons. The maximum atomic E-state index is 12.6. The first-order valence-electron chi connectivity index (χ1n) is 12.0.